The molecule has 0 radical (unpaired) electrons. The van der Waals surface area contributed by atoms with E-state index in [0.29, 0.717) is 12.0 Å². The summed E-state index contributed by atoms with van der Waals surface area (Å²) in [5, 5.41) is 3.28. The fraction of sp³-hybridized carbons (Fsp3) is 0.133. The zero-order valence-corrected chi connectivity index (χ0v) is 10.7. The summed E-state index contributed by atoms with van der Waals surface area (Å²) in [6.45, 7) is 2.00. The summed E-state index contributed by atoms with van der Waals surface area (Å²) in [7, 11) is 0. The Morgan fingerprint density at radius 3 is 3.00 bits per heavy atom. The second kappa shape index (κ2) is 6.00. The average Bonchev–Trinajstić information content (AvgIpc) is 2.45. The highest BCUT2D eigenvalue weighted by molar-refractivity contribution is 5.66. The van der Waals surface area contributed by atoms with E-state index in [1.165, 1.54) is 6.08 Å². The van der Waals surface area contributed by atoms with Crippen molar-refractivity contribution in [3.8, 4) is 0 Å². The van der Waals surface area contributed by atoms with Gasteiger partial charge in [0.05, 0.1) is 23.8 Å². The number of allylic oxidation sites excluding steroid dienone is 4. The highest BCUT2D eigenvalue weighted by Gasteiger charge is 2.15. The molecule has 1 aliphatic rings. The molecule has 4 heteroatoms. The van der Waals surface area contributed by atoms with Crippen LogP contribution in [-0.4, -0.2) is 11.0 Å². The summed E-state index contributed by atoms with van der Waals surface area (Å²) >= 11 is 0. The van der Waals surface area contributed by atoms with Gasteiger partial charge in [-0.1, -0.05) is 17.7 Å². The van der Waals surface area contributed by atoms with Crippen LogP contribution in [0.25, 0.3) is 5.70 Å². The smallest absolute Gasteiger partial charge is 0.0867 e. The van der Waals surface area contributed by atoms with Gasteiger partial charge in [-0.25, -0.2) is 4.39 Å². The Bertz CT molecular complexity index is 556. The highest BCUT2D eigenvalue weighted by Crippen LogP contribution is 2.19. The normalized spacial score (nSPS) is 19.9. The van der Waals surface area contributed by atoms with Gasteiger partial charge >= 0.3 is 0 Å². The van der Waals surface area contributed by atoms with Crippen LogP contribution in [0.3, 0.4) is 0 Å². The Kier molecular flexibility index (Phi) is 4.13. The predicted octanol–water partition coefficient (Wildman–Crippen LogP) is 2.67. The molecule has 0 bridgehead atoms. The van der Waals surface area contributed by atoms with Crippen molar-refractivity contribution in [3.63, 3.8) is 0 Å². The number of nitrogens with one attached hydrogen (secondary N) is 1. The topological polar surface area (TPSA) is 50.9 Å². The minimum absolute atomic E-state index is 0.154. The summed E-state index contributed by atoms with van der Waals surface area (Å²) in [6.07, 6.45) is 9.02. The molecule has 0 saturated heterocycles. The van der Waals surface area contributed by atoms with E-state index < -0.39 is 0 Å². The summed E-state index contributed by atoms with van der Waals surface area (Å²) in [6, 6.07) is 5.57. The first kappa shape index (κ1) is 13.1. The number of pyridine rings is 1. The number of nitrogens with zero attached hydrogens (tertiary/aromatic N) is 1. The minimum atomic E-state index is -0.154. The molecule has 1 aliphatic heterocycles. The van der Waals surface area contributed by atoms with Crippen LogP contribution in [0, 0.1) is 0 Å². The minimum Gasteiger partial charge on any atom is -0.400 e. The molecule has 1 atom stereocenters. The van der Waals surface area contributed by atoms with Crippen LogP contribution in [0.15, 0.2) is 66.3 Å². The predicted molar refractivity (Wildman–Crippen MR) is 75.4 cm³/mol. The van der Waals surface area contributed by atoms with E-state index in [-0.39, 0.29) is 6.04 Å². The number of hydrogen-bond donors (Lipinski definition) is 2. The van der Waals surface area contributed by atoms with Gasteiger partial charge in [0.15, 0.2) is 0 Å². The lowest BCUT2D eigenvalue weighted by Crippen LogP contribution is -2.33. The Balaban J connectivity index is 2.24. The molecule has 0 aliphatic carbocycles. The quantitative estimate of drug-likeness (QED) is 0.818. The molecule has 98 valence electrons. The van der Waals surface area contributed by atoms with Crippen molar-refractivity contribution in [1.82, 2.24) is 10.3 Å². The van der Waals surface area contributed by atoms with Crippen LogP contribution in [0.1, 0.15) is 12.6 Å². The van der Waals surface area contributed by atoms with Crippen LogP contribution >= 0.6 is 0 Å². The van der Waals surface area contributed by atoms with E-state index in [1.807, 2.05) is 37.3 Å². The van der Waals surface area contributed by atoms with Crippen LogP contribution in [0.5, 0.6) is 0 Å². The Hall–Kier alpha value is -2.36. The molecule has 0 fully saturated rings. The molecule has 2 rings (SSSR count). The van der Waals surface area contributed by atoms with Crippen molar-refractivity contribution >= 4 is 5.70 Å². The van der Waals surface area contributed by atoms with Crippen molar-refractivity contribution in [2.45, 2.75) is 13.0 Å². The maximum atomic E-state index is 12.0. The van der Waals surface area contributed by atoms with Crippen LogP contribution in [0.2, 0.25) is 0 Å². The van der Waals surface area contributed by atoms with Crippen molar-refractivity contribution in [1.29, 1.82) is 0 Å². The van der Waals surface area contributed by atoms with Gasteiger partial charge < -0.3 is 11.1 Å². The molecular formula is C15H16FN3. The lowest BCUT2D eigenvalue weighted by molar-refractivity contribution is 0.720. The summed E-state index contributed by atoms with van der Waals surface area (Å²) in [5.74, 6) is 0. The van der Waals surface area contributed by atoms with Gasteiger partial charge in [0.1, 0.15) is 0 Å². The molecule has 19 heavy (non-hydrogen) atoms. The van der Waals surface area contributed by atoms with Crippen molar-refractivity contribution < 1.29 is 4.39 Å². The summed E-state index contributed by atoms with van der Waals surface area (Å²) in [4.78, 5) is 4.30. The number of hydrogen-bond acceptors (Lipinski definition) is 3. The van der Waals surface area contributed by atoms with E-state index in [4.69, 9.17) is 5.73 Å². The van der Waals surface area contributed by atoms with E-state index in [9.17, 15) is 4.39 Å². The third-order valence-electron chi connectivity index (χ3n) is 2.77. The van der Waals surface area contributed by atoms with Crippen LogP contribution in [0.4, 0.5) is 4.39 Å². The van der Waals surface area contributed by atoms with Gasteiger partial charge in [-0.2, -0.15) is 0 Å². The van der Waals surface area contributed by atoms with Gasteiger partial charge in [-0.3, -0.25) is 4.98 Å². The maximum absolute atomic E-state index is 12.0. The lowest BCUT2D eigenvalue weighted by atomic mass is 10.0. The fourth-order valence-corrected chi connectivity index (χ4v) is 1.89. The van der Waals surface area contributed by atoms with Gasteiger partial charge in [0.2, 0.25) is 0 Å². The molecule has 0 saturated carbocycles. The molecule has 3 N–H and O–H groups in total. The second-order valence-electron chi connectivity index (χ2n) is 4.29. The largest absolute Gasteiger partial charge is 0.400 e. The molecule has 3 nitrogen and oxygen atoms in total. The van der Waals surface area contributed by atoms with Crippen molar-refractivity contribution in [2.75, 3.05) is 0 Å². The Labute approximate surface area is 112 Å². The molecule has 1 aromatic rings. The highest BCUT2D eigenvalue weighted by atomic mass is 19.1. The first-order valence-corrected chi connectivity index (χ1v) is 6.01. The van der Waals surface area contributed by atoms with Crippen LogP contribution < -0.4 is 11.1 Å². The van der Waals surface area contributed by atoms with Gasteiger partial charge in [0, 0.05) is 11.9 Å². The number of dihydropyridines is 1. The zero-order chi connectivity index (χ0) is 13.7. The molecule has 1 unspecified atom stereocenters. The molecule has 1 aromatic heterocycles. The first-order valence-electron chi connectivity index (χ1n) is 6.01. The number of rotatable bonds is 3. The third kappa shape index (κ3) is 3.31. The molecule has 0 amide bonds. The van der Waals surface area contributed by atoms with Crippen LogP contribution in [-0.2, 0) is 0 Å². The molecule has 0 aromatic carbocycles. The Morgan fingerprint density at radius 2 is 2.32 bits per heavy atom. The van der Waals surface area contributed by atoms with E-state index in [2.05, 4.69) is 10.3 Å². The summed E-state index contributed by atoms with van der Waals surface area (Å²) < 4.78 is 12.0. The SMILES string of the molecule is CC1=CC(/C(N)=C/C=C\F)NC(c2ccccn2)=C1. The van der Waals surface area contributed by atoms with Gasteiger partial charge in [-0.15, -0.1) is 0 Å². The van der Waals surface area contributed by atoms with E-state index >= 15 is 0 Å². The molecular weight excluding hydrogens is 241 g/mol. The molecule has 0 spiro atoms. The molecule has 2 heterocycles. The summed E-state index contributed by atoms with van der Waals surface area (Å²) in [5.41, 5.74) is 9.33. The lowest BCUT2D eigenvalue weighted by Gasteiger charge is -2.23. The fourth-order valence-electron chi connectivity index (χ4n) is 1.89. The Morgan fingerprint density at radius 1 is 1.47 bits per heavy atom. The standard InChI is InChI=1S/C15H16FN3/c1-11-9-14(12(17)5-4-7-16)19-15(10-11)13-6-2-3-8-18-13/h2-10,14,19H,17H2,1H3/b7-4-,12-5-. The number of nitrogens with two attached hydrogens (primary N) is 1. The van der Waals surface area contributed by atoms with E-state index in [0.717, 1.165) is 17.0 Å². The van der Waals surface area contributed by atoms with Gasteiger partial charge in [0.25, 0.3) is 0 Å². The van der Waals surface area contributed by atoms with Crippen molar-refractivity contribution in [2.24, 2.45) is 5.73 Å². The maximum Gasteiger partial charge on any atom is 0.0867 e. The van der Waals surface area contributed by atoms with Crippen molar-refractivity contribution in [3.05, 3.63) is 72.0 Å². The van der Waals surface area contributed by atoms with Gasteiger partial charge in [-0.05, 0) is 37.3 Å². The van der Waals surface area contributed by atoms with E-state index in [1.54, 1.807) is 12.3 Å². The monoisotopic (exact) mass is 257 g/mol. The number of halogens is 1. The average molecular weight is 257 g/mol. The number of aromatic nitrogens is 1. The first-order chi connectivity index (χ1) is 9.20. The zero-order valence-electron chi connectivity index (χ0n) is 10.7. The second-order valence-corrected chi connectivity index (χ2v) is 4.29. The third-order valence-corrected chi connectivity index (χ3v) is 2.77.